The van der Waals surface area contributed by atoms with E-state index in [0.29, 0.717) is 0 Å². The van der Waals surface area contributed by atoms with Gasteiger partial charge in [0.25, 0.3) is 5.91 Å². The summed E-state index contributed by atoms with van der Waals surface area (Å²) in [6.45, 7) is 3.85. The Hall–Kier alpha value is -4.26. The zero-order chi connectivity index (χ0) is 26.7. The molecule has 2 amide bonds. The molecule has 0 saturated heterocycles. The molecule has 0 unspecified atom stereocenters. The van der Waals surface area contributed by atoms with Crippen LogP contribution in [-0.4, -0.2) is 62.3 Å². The van der Waals surface area contributed by atoms with Crippen molar-refractivity contribution in [3.05, 3.63) is 58.6 Å². The summed E-state index contributed by atoms with van der Waals surface area (Å²) in [5.74, 6) is -2.66. The Morgan fingerprint density at radius 1 is 1.11 bits per heavy atom. The number of carbonyl (C=O) groups excluding carboxylic acids is 3. The summed E-state index contributed by atoms with van der Waals surface area (Å²) in [4.78, 5) is 63.5. The molecular formula is C23H29N5O8. The van der Waals surface area contributed by atoms with Gasteiger partial charge in [-0.3, -0.25) is 29.3 Å². The second-order valence-corrected chi connectivity index (χ2v) is 8.53. The molecule has 0 fully saturated rings. The van der Waals surface area contributed by atoms with Crippen LogP contribution >= 0.6 is 0 Å². The number of anilines is 1. The van der Waals surface area contributed by atoms with Crippen LogP contribution in [0.3, 0.4) is 0 Å². The molecule has 0 atom stereocenters. The Bertz CT molecular complexity index is 1130. The number of aromatic nitrogens is 2. The Kier molecular flexibility index (Phi) is 10.1. The number of nitrogens with zero attached hydrogens (tertiary/aromatic N) is 3. The van der Waals surface area contributed by atoms with Crippen LogP contribution in [0.1, 0.15) is 32.8 Å². The molecular weight excluding hydrogens is 474 g/mol. The summed E-state index contributed by atoms with van der Waals surface area (Å²) in [5, 5.41) is 12.2. The van der Waals surface area contributed by atoms with Crippen molar-refractivity contribution in [2.75, 3.05) is 18.4 Å². The van der Waals surface area contributed by atoms with Crippen LogP contribution in [0.5, 0.6) is 0 Å². The van der Waals surface area contributed by atoms with Gasteiger partial charge in [-0.15, -0.1) is 0 Å². The number of carbonyl (C=O) groups is 4. The molecule has 0 bridgehead atoms. The first-order valence-electron chi connectivity index (χ1n) is 11.0. The van der Waals surface area contributed by atoms with E-state index < -0.39 is 48.3 Å². The normalized spacial score (nSPS) is 10.9. The molecule has 2 rings (SSSR count). The first-order valence-corrected chi connectivity index (χ1v) is 11.0. The van der Waals surface area contributed by atoms with Crippen molar-refractivity contribution in [1.29, 1.82) is 0 Å². The van der Waals surface area contributed by atoms with Crippen LogP contribution in [0.15, 0.2) is 47.4 Å². The number of ether oxygens (including phenoxy) is 2. The van der Waals surface area contributed by atoms with E-state index in [9.17, 15) is 24.0 Å². The molecule has 1 aromatic heterocycles. The summed E-state index contributed by atoms with van der Waals surface area (Å²) in [5.41, 5.74) is 1.81. The molecule has 0 radical (unpaired) electrons. The zero-order valence-corrected chi connectivity index (χ0v) is 20.2. The fourth-order valence-electron chi connectivity index (χ4n) is 2.77. The molecule has 0 aliphatic carbocycles. The highest BCUT2D eigenvalue weighted by atomic mass is 16.6. The minimum absolute atomic E-state index is 0.0264. The highest BCUT2D eigenvalue weighted by Gasteiger charge is 2.20. The second kappa shape index (κ2) is 13.0. The first kappa shape index (κ1) is 28.0. The summed E-state index contributed by atoms with van der Waals surface area (Å²) in [6.07, 6.45) is 0.296. The largest absolute Gasteiger partial charge is 0.480 e. The van der Waals surface area contributed by atoms with E-state index in [2.05, 4.69) is 15.7 Å². The van der Waals surface area contributed by atoms with Crippen molar-refractivity contribution in [2.45, 2.75) is 45.9 Å². The van der Waals surface area contributed by atoms with Crippen molar-refractivity contribution < 1.29 is 33.8 Å². The molecule has 0 spiro atoms. The van der Waals surface area contributed by atoms with E-state index >= 15 is 0 Å². The summed E-state index contributed by atoms with van der Waals surface area (Å²) in [7, 11) is 0. The SMILES string of the molecule is CC(C)(C)OC(=O)CCNN(CC(=O)O)C(=O)Cn1ccc(NC(=O)OCc2ccccc2)nc1=O. The number of hydrogen-bond donors (Lipinski definition) is 3. The van der Waals surface area contributed by atoms with Gasteiger partial charge in [-0.25, -0.2) is 15.0 Å². The Labute approximate surface area is 207 Å². The Morgan fingerprint density at radius 2 is 1.81 bits per heavy atom. The predicted molar refractivity (Wildman–Crippen MR) is 127 cm³/mol. The van der Waals surface area contributed by atoms with E-state index in [1.807, 2.05) is 6.07 Å². The van der Waals surface area contributed by atoms with Crippen molar-refractivity contribution in [3.63, 3.8) is 0 Å². The molecule has 36 heavy (non-hydrogen) atoms. The van der Waals surface area contributed by atoms with E-state index in [1.165, 1.54) is 12.3 Å². The zero-order valence-electron chi connectivity index (χ0n) is 20.2. The fraction of sp³-hybridized carbons (Fsp3) is 0.391. The molecule has 0 saturated carbocycles. The molecule has 13 nitrogen and oxygen atoms in total. The number of rotatable bonds is 11. The Balaban J connectivity index is 1.92. The maximum absolute atomic E-state index is 12.6. The number of hydrogen-bond acceptors (Lipinski definition) is 9. The Morgan fingerprint density at radius 3 is 2.42 bits per heavy atom. The van der Waals surface area contributed by atoms with E-state index in [0.717, 1.165) is 15.1 Å². The third kappa shape index (κ3) is 10.3. The minimum atomic E-state index is -1.30. The second-order valence-electron chi connectivity index (χ2n) is 8.53. The molecule has 1 heterocycles. The van der Waals surface area contributed by atoms with Gasteiger partial charge >= 0.3 is 23.7 Å². The van der Waals surface area contributed by atoms with Gasteiger partial charge in [-0.1, -0.05) is 30.3 Å². The van der Waals surface area contributed by atoms with Crippen LogP contribution in [-0.2, 0) is 37.0 Å². The van der Waals surface area contributed by atoms with Gasteiger partial charge in [0.15, 0.2) is 0 Å². The number of benzene rings is 1. The van der Waals surface area contributed by atoms with Crippen LogP contribution in [0.4, 0.5) is 10.6 Å². The minimum Gasteiger partial charge on any atom is -0.480 e. The first-order chi connectivity index (χ1) is 16.9. The van der Waals surface area contributed by atoms with Crippen molar-refractivity contribution >= 4 is 29.8 Å². The van der Waals surface area contributed by atoms with Gasteiger partial charge in [0, 0.05) is 12.7 Å². The van der Waals surface area contributed by atoms with Crippen LogP contribution < -0.4 is 16.4 Å². The molecule has 1 aromatic carbocycles. The lowest BCUT2D eigenvalue weighted by Crippen LogP contribution is -2.48. The van der Waals surface area contributed by atoms with Gasteiger partial charge in [0.05, 0.1) is 6.42 Å². The van der Waals surface area contributed by atoms with Gasteiger partial charge in [0.2, 0.25) is 0 Å². The maximum atomic E-state index is 12.6. The molecule has 0 aliphatic heterocycles. The third-order valence-corrected chi connectivity index (χ3v) is 4.27. The van der Waals surface area contributed by atoms with Gasteiger partial charge in [-0.05, 0) is 32.4 Å². The molecule has 194 valence electrons. The number of carboxylic acids is 1. The van der Waals surface area contributed by atoms with Crippen LogP contribution in [0.25, 0.3) is 0 Å². The van der Waals surface area contributed by atoms with Gasteiger partial charge in [0.1, 0.15) is 31.1 Å². The van der Waals surface area contributed by atoms with Crippen LogP contribution in [0.2, 0.25) is 0 Å². The predicted octanol–water partition coefficient (Wildman–Crippen LogP) is 1.14. The highest BCUT2D eigenvalue weighted by Crippen LogP contribution is 2.08. The maximum Gasteiger partial charge on any atom is 0.413 e. The average molecular weight is 504 g/mol. The van der Waals surface area contributed by atoms with Gasteiger partial charge in [-0.2, -0.15) is 4.98 Å². The monoisotopic (exact) mass is 503 g/mol. The number of amides is 2. The quantitative estimate of drug-likeness (QED) is 0.298. The molecule has 0 aliphatic rings. The van der Waals surface area contributed by atoms with E-state index in [1.54, 1.807) is 45.0 Å². The number of hydrazine groups is 1. The number of nitrogens with one attached hydrogen (secondary N) is 2. The third-order valence-electron chi connectivity index (χ3n) is 4.27. The average Bonchev–Trinajstić information content (AvgIpc) is 2.78. The topological polar surface area (TPSA) is 169 Å². The smallest absolute Gasteiger partial charge is 0.413 e. The van der Waals surface area contributed by atoms with Gasteiger partial charge < -0.3 is 14.6 Å². The lowest BCUT2D eigenvalue weighted by atomic mass is 10.2. The summed E-state index contributed by atoms with van der Waals surface area (Å²) in [6, 6.07) is 10.3. The number of esters is 1. The molecule has 13 heteroatoms. The summed E-state index contributed by atoms with van der Waals surface area (Å²) >= 11 is 0. The van der Waals surface area contributed by atoms with Crippen molar-refractivity contribution in [3.8, 4) is 0 Å². The molecule has 2 aromatic rings. The molecule has 3 N–H and O–H groups in total. The fourth-order valence-corrected chi connectivity index (χ4v) is 2.77. The summed E-state index contributed by atoms with van der Waals surface area (Å²) < 4.78 is 11.2. The highest BCUT2D eigenvalue weighted by molar-refractivity contribution is 5.83. The van der Waals surface area contributed by atoms with E-state index in [-0.39, 0.29) is 25.4 Å². The standard InChI is InChI=1S/C23H29N5O8/c1-23(2,3)36-20(32)9-11-24-28(14-19(30)31)18(29)13-27-12-10-17(25-21(27)33)26-22(34)35-15-16-7-5-4-6-8-16/h4-8,10,12,24H,9,11,13-15H2,1-3H3,(H,30,31)(H,25,26,33,34). The lowest BCUT2D eigenvalue weighted by Gasteiger charge is -2.23. The van der Waals surface area contributed by atoms with Crippen LogP contribution in [0, 0.1) is 0 Å². The van der Waals surface area contributed by atoms with E-state index in [4.69, 9.17) is 14.6 Å². The van der Waals surface area contributed by atoms with Crippen molar-refractivity contribution in [1.82, 2.24) is 20.0 Å². The van der Waals surface area contributed by atoms with Crippen molar-refractivity contribution in [2.24, 2.45) is 0 Å². The number of carboxylic acid groups (broad SMARTS) is 1. The lowest BCUT2D eigenvalue weighted by molar-refractivity contribution is -0.155. The number of aliphatic carboxylic acids is 1.